The molecule has 18 heavy (non-hydrogen) atoms. The fourth-order valence-electron chi connectivity index (χ4n) is 2.37. The van der Waals surface area contributed by atoms with Crippen molar-refractivity contribution < 1.29 is 9.53 Å². The molecule has 0 fully saturated rings. The Morgan fingerprint density at radius 1 is 1.39 bits per heavy atom. The van der Waals surface area contributed by atoms with Gasteiger partial charge in [-0.2, -0.15) is 0 Å². The molecule has 0 bridgehead atoms. The summed E-state index contributed by atoms with van der Waals surface area (Å²) in [5.41, 5.74) is 3.86. The summed E-state index contributed by atoms with van der Waals surface area (Å²) in [4.78, 5) is 12.1. The molecule has 2 aliphatic rings. The van der Waals surface area contributed by atoms with E-state index in [1.807, 2.05) is 24.3 Å². The summed E-state index contributed by atoms with van der Waals surface area (Å²) < 4.78 is 8.55. The Balaban J connectivity index is 2.27. The smallest absolute Gasteiger partial charge is 0.239 e. The Bertz CT molecular complexity index is 575. The van der Waals surface area contributed by atoms with Crippen LogP contribution in [0.5, 0.6) is 5.75 Å². The van der Waals surface area contributed by atoms with Gasteiger partial charge < -0.3 is 9.46 Å². The topological polar surface area (TPSA) is 38.3 Å². The lowest BCUT2D eigenvalue weighted by Gasteiger charge is -2.17. The van der Waals surface area contributed by atoms with Gasteiger partial charge in [0.15, 0.2) is 0 Å². The van der Waals surface area contributed by atoms with E-state index in [9.17, 15) is 4.79 Å². The van der Waals surface area contributed by atoms with Gasteiger partial charge in [-0.15, -0.1) is 0 Å². The zero-order valence-electron chi connectivity index (χ0n) is 10.0. The van der Waals surface area contributed by atoms with Crippen LogP contribution in [0.15, 0.2) is 35.9 Å². The summed E-state index contributed by atoms with van der Waals surface area (Å²) in [6.07, 6.45) is 5.83. The number of rotatable bonds is 1. The molecule has 1 aliphatic heterocycles. The van der Waals surface area contributed by atoms with Crippen molar-refractivity contribution in [1.82, 2.24) is 0 Å². The fraction of sp³-hybridized carbons (Fsp3) is 0.214. The zero-order valence-corrected chi connectivity index (χ0v) is 10.8. The highest BCUT2D eigenvalue weighted by Gasteiger charge is 2.25. The van der Waals surface area contributed by atoms with Crippen LogP contribution in [0, 0.1) is 0 Å². The minimum atomic E-state index is 0.0687. The number of fused-ring (bicyclic) bond motifs is 2. The van der Waals surface area contributed by atoms with Crippen molar-refractivity contribution in [2.45, 2.75) is 12.8 Å². The number of benzene rings is 1. The maximum absolute atomic E-state index is 12.1. The van der Waals surface area contributed by atoms with Crippen LogP contribution in [-0.4, -0.2) is 12.2 Å². The predicted octanol–water partition coefficient (Wildman–Crippen LogP) is 3.40. The van der Waals surface area contributed by atoms with Crippen molar-refractivity contribution in [3.63, 3.8) is 0 Å². The zero-order chi connectivity index (χ0) is 12.5. The minimum Gasteiger partial charge on any atom is -0.496 e. The van der Waals surface area contributed by atoms with E-state index in [1.54, 1.807) is 7.11 Å². The molecule has 0 radical (unpaired) electrons. The van der Waals surface area contributed by atoms with E-state index >= 15 is 0 Å². The molecule has 0 aromatic heterocycles. The Kier molecular flexibility index (Phi) is 2.88. The normalized spacial score (nSPS) is 17.7. The highest BCUT2D eigenvalue weighted by atomic mass is 32.2. The standard InChI is InChI=1S/C14H13NO2S/c1-17-12-8-4-7-11-13(12)9-5-2-3-6-10(9)14(16)18-15-11/h3-4,6-8,15H,2,5H2,1H3. The molecule has 0 saturated heterocycles. The van der Waals surface area contributed by atoms with Crippen LogP contribution in [-0.2, 0) is 4.79 Å². The van der Waals surface area contributed by atoms with Crippen molar-refractivity contribution in [2.75, 3.05) is 11.8 Å². The molecule has 0 amide bonds. The maximum Gasteiger partial charge on any atom is 0.239 e. The number of anilines is 1. The van der Waals surface area contributed by atoms with Crippen molar-refractivity contribution in [3.8, 4) is 5.75 Å². The van der Waals surface area contributed by atoms with Gasteiger partial charge in [0.1, 0.15) is 5.75 Å². The van der Waals surface area contributed by atoms with Crippen LogP contribution in [0.25, 0.3) is 5.57 Å². The van der Waals surface area contributed by atoms with E-state index in [4.69, 9.17) is 4.74 Å². The van der Waals surface area contributed by atoms with Gasteiger partial charge in [0, 0.05) is 23.1 Å². The third kappa shape index (κ3) is 1.73. The van der Waals surface area contributed by atoms with E-state index in [0.29, 0.717) is 0 Å². The lowest BCUT2D eigenvalue weighted by molar-refractivity contribution is -0.107. The monoisotopic (exact) mass is 259 g/mol. The molecule has 0 spiro atoms. The molecule has 1 aromatic rings. The van der Waals surface area contributed by atoms with Gasteiger partial charge in [-0.3, -0.25) is 4.79 Å². The second kappa shape index (κ2) is 4.53. The first kappa shape index (κ1) is 11.4. The number of nitrogens with one attached hydrogen (secondary N) is 1. The number of hydrogen-bond acceptors (Lipinski definition) is 4. The molecular weight excluding hydrogens is 246 g/mol. The van der Waals surface area contributed by atoms with Crippen LogP contribution < -0.4 is 9.46 Å². The highest BCUT2D eigenvalue weighted by molar-refractivity contribution is 8.15. The number of allylic oxidation sites excluding steroid dienone is 3. The lowest BCUT2D eigenvalue weighted by Crippen LogP contribution is -2.01. The molecule has 3 nitrogen and oxygen atoms in total. The molecule has 0 unspecified atom stereocenters. The average molecular weight is 259 g/mol. The van der Waals surface area contributed by atoms with Gasteiger partial charge in [-0.25, -0.2) is 0 Å². The van der Waals surface area contributed by atoms with Gasteiger partial charge in [0.25, 0.3) is 0 Å². The Morgan fingerprint density at radius 3 is 3.11 bits per heavy atom. The molecule has 1 heterocycles. The summed E-state index contributed by atoms with van der Waals surface area (Å²) in [5.74, 6) is 0.818. The molecular formula is C14H13NO2S. The minimum absolute atomic E-state index is 0.0687. The SMILES string of the molecule is COc1cccc2c1C1=C(C=CCC1)C(=O)SN2. The molecule has 3 rings (SSSR count). The third-order valence-electron chi connectivity index (χ3n) is 3.19. The number of carbonyl (C=O) groups excluding carboxylic acids is 1. The molecule has 1 N–H and O–H groups in total. The second-order valence-corrected chi connectivity index (χ2v) is 4.99. The van der Waals surface area contributed by atoms with Crippen LogP contribution in [0.2, 0.25) is 0 Å². The highest BCUT2D eigenvalue weighted by Crippen LogP contribution is 2.43. The summed E-state index contributed by atoms with van der Waals surface area (Å²) >= 11 is 1.13. The third-order valence-corrected chi connectivity index (χ3v) is 3.92. The lowest BCUT2D eigenvalue weighted by atomic mass is 9.90. The van der Waals surface area contributed by atoms with E-state index in [-0.39, 0.29) is 5.12 Å². The van der Waals surface area contributed by atoms with E-state index in [0.717, 1.165) is 52.9 Å². The Morgan fingerprint density at radius 2 is 2.28 bits per heavy atom. The first-order chi connectivity index (χ1) is 8.81. The second-order valence-electron chi connectivity index (χ2n) is 4.21. The van der Waals surface area contributed by atoms with Crippen LogP contribution in [0.4, 0.5) is 5.69 Å². The quantitative estimate of drug-likeness (QED) is 0.784. The average Bonchev–Trinajstić information content (AvgIpc) is 2.57. The first-order valence-corrected chi connectivity index (χ1v) is 6.67. The first-order valence-electron chi connectivity index (χ1n) is 5.85. The van der Waals surface area contributed by atoms with Gasteiger partial charge >= 0.3 is 0 Å². The predicted molar refractivity (Wildman–Crippen MR) is 74.5 cm³/mol. The summed E-state index contributed by atoms with van der Waals surface area (Å²) in [6, 6.07) is 5.84. The Hall–Kier alpha value is -1.68. The summed E-state index contributed by atoms with van der Waals surface area (Å²) in [5, 5.41) is 0.0687. The van der Waals surface area contributed by atoms with E-state index in [1.165, 1.54) is 0 Å². The number of methoxy groups -OCH3 is 1. The summed E-state index contributed by atoms with van der Waals surface area (Å²) in [6.45, 7) is 0. The molecule has 1 aromatic carbocycles. The molecule has 92 valence electrons. The number of hydrogen-bond donors (Lipinski definition) is 1. The molecule has 1 aliphatic carbocycles. The van der Waals surface area contributed by atoms with E-state index < -0.39 is 0 Å². The van der Waals surface area contributed by atoms with Crippen LogP contribution >= 0.6 is 11.9 Å². The largest absolute Gasteiger partial charge is 0.496 e. The van der Waals surface area contributed by atoms with Crippen molar-refractivity contribution in [1.29, 1.82) is 0 Å². The Labute approximate surface area is 110 Å². The van der Waals surface area contributed by atoms with E-state index in [2.05, 4.69) is 10.8 Å². The van der Waals surface area contributed by atoms with Crippen LogP contribution in [0.3, 0.4) is 0 Å². The maximum atomic E-state index is 12.1. The summed E-state index contributed by atoms with van der Waals surface area (Å²) in [7, 11) is 1.66. The molecule has 0 atom stereocenters. The van der Waals surface area contributed by atoms with Gasteiger partial charge in [0.05, 0.1) is 12.8 Å². The number of carbonyl (C=O) groups is 1. The fourth-order valence-corrected chi connectivity index (χ4v) is 3.04. The van der Waals surface area contributed by atoms with Crippen molar-refractivity contribution in [2.24, 2.45) is 0 Å². The molecule has 4 heteroatoms. The molecule has 0 saturated carbocycles. The van der Waals surface area contributed by atoms with Crippen LogP contribution in [0.1, 0.15) is 18.4 Å². The van der Waals surface area contributed by atoms with Crippen molar-refractivity contribution >= 4 is 28.3 Å². The van der Waals surface area contributed by atoms with Gasteiger partial charge in [-0.05, 0) is 30.5 Å². The van der Waals surface area contributed by atoms with Crippen molar-refractivity contribution in [3.05, 3.63) is 41.5 Å². The van der Waals surface area contributed by atoms with Gasteiger partial charge in [0.2, 0.25) is 5.12 Å². The van der Waals surface area contributed by atoms with Gasteiger partial charge in [-0.1, -0.05) is 18.2 Å². The number of ether oxygens (including phenoxy) is 1.